The van der Waals surface area contributed by atoms with Crippen molar-refractivity contribution >= 4 is 0 Å². The van der Waals surface area contributed by atoms with E-state index >= 15 is 0 Å². The monoisotopic (exact) mass is 178 g/mol. The van der Waals surface area contributed by atoms with Crippen LogP contribution in [-0.2, 0) is 0 Å². The van der Waals surface area contributed by atoms with E-state index in [2.05, 4.69) is 23.1 Å². The molecule has 1 unspecified atom stereocenters. The van der Waals surface area contributed by atoms with Gasteiger partial charge in [-0.3, -0.25) is 0 Å². The summed E-state index contributed by atoms with van der Waals surface area (Å²) < 4.78 is 1.85. The van der Waals surface area contributed by atoms with Crippen LogP contribution in [0, 0.1) is 25.2 Å². The Bertz CT molecular complexity index is 321. The molecule has 0 aromatic carbocycles. The molecule has 0 aliphatic carbocycles. The number of rotatable bonds is 3. The standard InChI is InChI=1S/C9H14N4/c1-4-9(5-6-10)13-8(3)11-7(2)12-13/h9H,4-5H2,1-3H3. The first kappa shape index (κ1) is 9.72. The molecule has 1 heterocycles. The Balaban J connectivity index is 2.91. The summed E-state index contributed by atoms with van der Waals surface area (Å²) in [6.45, 7) is 5.83. The van der Waals surface area contributed by atoms with Gasteiger partial charge in [-0.2, -0.15) is 10.4 Å². The fourth-order valence-corrected chi connectivity index (χ4v) is 1.39. The van der Waals surface area contributed by atoms with Crippen molar-refractivity contribution in [2.75, 3.05) is 0 Å². The van der Waals surface area contributed by atoms with Crippen LogP contribution in [0.3, 0.4) is 0 Å². The first-order valence-corrected chi connectivity index (χ1v) is 4.45. The van der Waals surface area contributed by atoms with E-state index in [4.69, 9.17) is 5.26 Å². The molecule has 0 N–H and O–H groups in total. The van der Waals surface area contributed by atoms with E-state index in [1.54, 1.807) is 0 Å². The van der Waals surface area contributed by atoms with Gasteiger partial charge in [0.2, 0.25) is 0 Å². The quantitative estimate of drug-likeness (QED) is 0.708. The third-order valence-electron chi connectivity index (χ3n) is 2.05. The summed E-state index contributed by atoms with van der Waals surface area (Å²) >= 11 is 0. The lowest BCUT2D eigenvalue weighted by Gasteiger charge is -2.12. The van der Waals surface area contributed by atoms with Gasteiger partial charge in [0.05, 0.1) is 18.5 Å². The van der Waals surface area contributed by atoms with Crippen molar-refractivity contribution in [3.63, 3.8) is 0 Å². The Labute approximate surface area is 78.2 Å². The highest BCUT2D eigenvalue weighted by Crippen LogP contribution is 2.15. The summed E-state index contributed by atoms with van der Waals surface area (Å²) in [4.78, 5) is 4.20. The average molecular weight is 178 g/mol. The molecule has 1 aromatic rings. The number of hydrogen-bond donors (Lipinski definition) is 0. The molecule has 0 aliphatic rings. The maximum Gasteiger partial charge on any atom is 0.147 e. The zero-order chi connectivity index (χ0) is 9.84. The lowest BCUT2D eigenvalue weighted by atomic mass is 10.2. The first-order chi connectivity index (χ1) is 6.19. The van der Waals surface area contributed by atoms with Gasteiger partial charge in [-0.1, -0.05) is 6.92 Å². The van der Waals surface area contributed by atoms with Crippen LogP contribution >= 0.6 is 0 Å². The van der Waals surface area contributed by atoms with E-state index in [-0.39, 0.29) is 6.04 Å². The molecule has 4 heteroatoms. The minimum absolute atomic E-state index is 0.172. The normalized spacial score (nSPS) is 12.5. The van der Waals surface area contributed by atoms with Gasteiger partial charge in [-0.25, -0.2) is 9.67 Å². The first-order valence-electron chi connectivity index (χ1n) is 4.45. The zero-order valence-electron chi connectivity index (χ0n) is 8.28. The van der Waals surface area contributed by atoms with Crippen molar-refractivity contribution in [1.29, 1.82) is 5.26 Å². The largest absolute Gasteiger partial charge is 0.246 e. The number of aromatic nitrogens is 3. The van der Waals surface area contributed by atoms with Crippen molar-refractivity contribution in [2.24, 2.45) is 0 Å². The van der Waals surface area contributed by atoms with Crippen LogP contribution < -0.4 is 0 Å². The highest BCUT2D eigenvalue weighted by Gasteiger charge is 2.12. The highest BCUT2D eigenvalue weighted by molar-refractivity contribution is 4.92. The molecular weight excluding hydrogens is 164 g/mol. The van der Waals surface area contributed by atoms with Crippen LogP contribution in [0.4, 0.5) is 0 Å². The SMILES string of the molecule is CCC(CC#N)n1nc(C)nc1C. The van der Waals surface area contributed by atoms with Gasteiger partial charge in [0.1, 0.15) is 11.6 Å². The maximum atomic E-state index is 8.62. The van der Waals surface area contributed by atoms with E-state index in [9.17, 15) is 0 Å². The summed E-state index contributed by atoms with van der Waals surface area (Å²) in [5.41, 5.74) is 0. The predicted octanol–water partition coefficient (Wildman–Crippen LogP) is 1.76. The van der Waals surface area contributed by atoms with Gasteiger partial charge < -0.3 is 0 Å². The summed E-state index contributed by atoms with van der Waals surface area (Å²) in [6.07, 6.45) is 1.41. The van der Waals surface area contributed by atoms with Crippen molar-refractivity contribution in [1.82, 2.24) is 14.8 Å². The summed E-state index contributed by atoms with van der Waals surface area (Å²) in [6, 6.07) is 2.34. The Hall–Kier alpha value is -1.37. The second-order valence-corrected chi connectivity index (χ2v) is 3.08. The Morgan fingerprint density at radius 1 is 1.54 bits per heavy atom. The van der Waals surface area contributed by atoms with Crippen LogP contribution in [-0.4, -0.2) is 14.8 Å². The summed E-state index contributed by atoms with van der Waals surface area (Å²) in [5, 5.41) is 12.9. The van der Waals surface area contributed by atoms with Crippen molar-refractivity contribution in [3.05, 3.63) is 11.6 Å². The molecule has 0 spiro atoms. The third-order valence-corrected chi connectivity index (χ3v) is 2.05. The Kier molecular flexibility index (Phi) is 3.02. The topological polar surface area (TPSA) is 54.5 Å². The second-order valence-electron chi connectivity index (χ2n) is 3.08. The van der Waals surface area contributed by atoms with Crippen LogP contribution in [0.25, 0.3) is 0 Å². The van der Waals surface area contributed by atoms with Gasteiger partial charge in [-0.05, 0) is 20.3 Å². The highest BCUT2D eigenvalue weighted by atomic mass is 15.4. The van der Waals surface area contributed by atoms with Crippen molar-refractivity contribution in [2.45, 2.75) is 39.7 Å². The summed E-state index contributed by atoms with van der Waals surface area (Å²) in [7, 11) is 0. The lowest BCUT2D eigenvalue weighted by molar-refractivity contribution is 0.436. The Morgan fingerprint density at radius 3 is 2.62 bits per heavy atom. The van der Waals surface area contributed by atoms with E-state index < -0.39 is 0 Å². The van der Waals surface area contributed by atoms with Crippen LogP contribution in [0.2, 0.25) is 0 Å². The molecule has 1 atom stereocenters. The van der Waals surface area contributed by atoms with E-state index in [1.165, 1.54) is 0 Å². The van der Waals surface area contributed by atoms with Crippen LogP contribution in [0.15, 0.2) is 0 Å². The van der Waals surface area contributed by atoms with Crippen molar-refractivity contribution in [3.8, 4) is 6.07 Å². The van der Waals surface area contributed by atoms with E-state index in [0.29, 0.717) is 6.42 Å². The fraction of sp³-hybridized carbons (Fsp3) is 0.667. The molecular formula is C9H14N4. The molecule has 0 bridgehead atoms. The third kappa shape index (κ3) is 2.05. The molecule has 1 rings (SSSR count). The zero-order valence-corrected chi connectivity index (χ0v) is 8.28. The molecule has 0 saturated carbocycles. The van der Waals surface area contributed by atoms with Crippen LogP contribution in [0.1, 0.15) is 37.5 Å². The van der Waals surface area contributed by atoms with Gasteiger partial charge in [0, 0.05) is 0 Å². The molecule has 4 nitrogen and oxygen atoms in total. The van der Waals surface area contributed by atoms with Crippen molar-refractivity contribution < 1.29 is 0 Å². The number of hydrogen-bond acceptors (Lipinski definition) is 3. The predicted molar refractivity (Wildman–Crippen MR) is 49.1 cm³/mol. The minimum atomic E-state index is 0.172. The van der Waals surface area contributed by atoms with E-state index in [0.717, 1.165) is 18.1 Å². The maximum absolute atomic E-state index is 8.62. The molecule has 0 radical (unpaired) electrons. The molecule has 0 amide bonds. The van der Waals surface area contributed by atoms with E-state index in [1.807, 2.05) is 18.5 Å². The lowest BCUT2D eigenvalue weighted by Crippen LogP contribution is -2.11. The van der Waals surface area contributed by atoms with Gasteiger partial charge in [0.25, 0.3) is 0 Å². The smallest absolute Gasteiger partial charge is 0.147 e. The second kappa shape index (κ2) is 4.04. The molecule has 0 aliphatic heterocycles. The fourth-order valence-electron chi connectivity index (χ4n) is 1.39. The van der Waals surface area contributed by atoms with Gasteiger partial charge in [0.15, 0.2) is 0 Å². The average Bonchev–Trinajstić information content (AvgIpc) is 2.41. The molecule has 1 aromatic heterocycles. The van der Waals surface area contributed by atoms with Gasteiger partial charge >= 0.3 is 0 Å². The summed E-state index contributed by atoms with van der Waals surface area (Å²) in [5.74, 6) is 1.66. The number of aryl methyl sites for hydroxylation is 2. The number of nitriles is 1. The molecule has 13 heavy (non-hydrogen) atoms. The molecule has 0 fully saturated rings. The van der Waals surface area contributed by atoms with Gasteiger partial charge in [-0.15, -0.1) is 0 Å². The minimum Gasteiger partial charge on any atom is -0.246 e. The van der Waals surface area contributed by atoms with Crippen LogP contribution in [0.5, 0.6) is 0 Å². The number of nitrogens with zero attached hydrogens (tertiary/aromatic N) is 4. The Morgan fingerprint density at radius 2 is 2.23 bits per heavy atom. The molecule has 70 valence electrons. The molecule has 0 saturated heterocycles.